The van der Waals surface area contributed by atoms with Crippen molar-refractivity contribution in [2.75, 3.05) is 0 Å². The minimum absolute atomic E-state index is 0.133. The van der Waals surface area contributed by atoms with Crippen LogP contribution in [0.5, 0.6) is 0 Å². The summed E-state index contributed by atoms with van der Waals surface area (Å²) in [4.78, 5) is 17.0. The molecule has 5 heteroatoms. The highest BCUT2D eigenvalue weighted by Gasteiger charge is 2.23. The lowest BCUT2D eigenvalue weighted by molar-refractivity contribution is -0.115. The van der Waals surface area contributed by atoms with Gasteiger partial charge in [-0.05, 0) is 48.5 Å². The molecule has 1 N–H and O–H groups in total. The molecule has 0 unspecified atom stereocenters. The Labute approximate surface area is 138 Å². The van der Waals surface area contributed by atoms with Gasteiger partial charge in [-0.3, -0.25) is 4.79 Å². The smallest absolute Gasteiger partial charge is 0.264 e. The fraction of sp³-hybridized carbons (Fsp3) is 0.0588. The molecule has 22 heavy (non-hydrogen) atoms. The normalized spacial score (nSPS) is 18.0. The van der Waals surface area contributed by atoms with E-state index >= 15 is 0 Å². The van der Waals surface area contributed by atoms with Crippen molar-refractivity contribution in [2.24, 2.45) is 4.99 Å². The number of aliphatic imine (C=N–C) groups is 1. The van der Waals surface area contributed by atoms with E-state index in [1.807, 2.05) is 49.4 Å². The summed E-state index contributed by atoms with van der Waals surface area (Å²) in [6, 6.07) is 15.2. The van der Waals surface area contributed by atoms with Gasteiger partial charge in [0.25, 0.3) is 5.91 Å². The number of amidine groups is 1. The summed E-state index contributed by atoms with van der Waals surface area (Å²) < 4.78 is 0. The number of carbonyl (C=O) groups excluding carboxylic acids is 1. The van der Waals surface area contributed by atoms with Gasteiger partial charge in [-0.15, -0.1) is 0 Å². The number of nitrogens with zero attached hydrogens (tertiary/aromatic N) is 1. The lowest BCUT2D eigenvalue weighted by Crippen LogP contribution is -2.19. The monoisotopic (exact) mass is 328 g/mol. The van der Waals surface area contributed by atoms with Gasteiger partial charge in [0.05, 0.1) is 10.6 Å². The predicted molar refractivity (Wildman–Crippen MR) is 93.4 cm³/mol. The van der Waals surface area contributed by atoms with Crippen LogP contribution in [0.1, 0.15) is 11.1 Å². The van der Waals surface area contributed by atoms with Crippen molar-refractivity contribution in [2.45, 2.75) is 6.92 Å². The molecule has 1 fully saturated rings. The van der Waals surface area contributed by atoms with Crippen LogP contribution in [-0.4, -0.2) is 11.1 Å². The number of benzene rings is 2. The highest BCUT2D eigenvalue weighted by atomic mass is 35.5. The number of aryl methyl sites for hydroxylation is 1. The van der Waals surface area contributed by atoms with Gasteiger partial charge in [-0.1, -0.05) is 47.5 Å². The van der Waals surface area contributed by atoms with Crippen LogP contribution in [0, 0.1) is 6.92 Å². The largest absolute Gasteiger partial charge is 0.300 e. The van der Waals surface area contributed by atoms with Gasteiger partial charge in [0.15, 0.2) is 5.17 Å². The van der Waals surface area contributed by atoms with E-state index in [4.69, 9.17) is 11.6 Å². The molecule has 1 aliphatic heterocycles. The van der Waals surface area contributed by atoms with Crippen LogP contribution >= 0.6 is 23.4 Å². The van der Waals surface area contributed by atoms with Crippen LogP contribution in [0.3, 0.4) is 0 Å². The zero-order chi connectivity index (χ0) is 15.5. The lowest BCUT2D eigenvalue weighted by atomic mass is 10.1. The average molecular weight is 329 g/mol. The molecule has 0 spiro atoms. The SMILES string of the molecule is Cc1ccc(/C=C2/SC(=Nc3cccc(Cl)c3)NC2=O)cc1. The van der Waals surface area contributed by atoms with Crippen LogP contribution in [0.25, 0.3) is 6.08 Å². The minimum atomic E-state index is -0.133. The van der Waals surface area contributed by atoms with E-state index in [0.29, 0.717) is 20.8 Å². The lowest BCUT2D eigenvalue weighted by Gasteiger charge is -1.97. The van der Waals surface area contributed by atoms with Crippen molar-refractivity contribution in [3.63, 3.8) is 0 Å². The Morgan fingerprint density at radius 3 is 2.68 bits per heavy atom. The van der Waals surface area contributed by atoms with E-state index in [1.165, 1.54) is 17.3 Å². The Morgan fingerprint density at radius 2 is 1.95 bits per heavy atom. The van der Waals surface area contributed by atoms with Crippen molar-refractivity contribution < 1.29 is 4.79 Å². The zero-order valence-corrected chi connectivity index (χ0v) is 13.4. The third-order valence-corrected chi connectivity index (χ3v) is 4.21. The molecule has 2 aromatic carbocycles. The molecule has 0 aliphatic carbocycles. The van der Waals surface area contributed by atoms with Gasteiger partial charge in [-0.2, -0.15) is 0 Å². The van der Waals surface area contributed by atoms with Crippen molar-refractivity contribution in [1.29, 1.82) is 0 Å². The molecule has 1 aliphatic rings. The third-order valence-electron chi connectivity index (χ3n) is 3.06. The minimum Gasteiger partial charge on any atom is -0.300 e. The summed E-state index contributed by atoms with van der Waals surface area (Å²) in [6.07, 6.45) is 1.86. The average Bonchev–Trinajstić information content (AvgIpc) is 2.81. The van der Waals surface area contributed by atoms with Gasteiger partial charge < -0.3 is 5.32 Å². The van der Waals surface area contributed by atoms with Crippen molar-refractivity contribution in [1.82, 2.24) is 5.32 Å². The molecule has 1 amide bonds. The van der Waals surface area contributed by atoms with Gasteiger partial charge in [0.1, 0.15) is 0 Å². The number of rotatable bonds is 2. The zero-order valence-electron chi connectivity index (χ0n) is 11.8. The van der Waals surface area contributed by atoms with Crippen LogP contribution < -0.4 is 5.32 Å². The number of hydrogen-bond donors (Lipinski definition) is 1. The van der Waals surface area contributed by atoms with Crippen LogP contribution in [0.15, 0.2) is 58.4 Å². The molecule has 3 nitrogen and oxygen atoms in total. The van der Waals surface area contributed by atoms with Gasteiger partial charge in [0.2, 0.25) is 0 Å². The molecular weight excluding hydrogens is 316 g/mol. The number of carbonyl (C=O) groups is 1. The number of hydrogen-bond acceptors (Lipinski definition) is 3. The summed E-state index contributed by atoms with van der Waals surface area (Å²) in [5, 5.41) is 3.94. The molecule has 0 saturated carbocycles. The molecule has 1 heterocycles. The van der Waals surface area contributed by atoms with Crippen LogP contribution in [-0.2, 0) is 4.79 Å². The number of thioether (sulfide) groups is 1. The summed E-state index contributed by atoms with van der Waals surface area (Å²) in [5.41, 5.74) is 2.90. The molecule has 0 bridgehead atoms. The molecule has 3 rings (SSSR count). The van der Waals surface area contributed by atoms with E-state index in [9.17, 15) is 4.79 Å². The van der Waals surface area contributed by atoms with Crippen molar-refractivity contribution in [3.05, 3.63) is 69.6 Å². The quantitative estimate of drug-likeness (QED) is 0.822. The van der Waals surface area contributed by atoms with E-state index < -0.39 is 0 Å². The molecule has 0 aromatic heterocycles. The first-order chi connectivity index (χ1) is 10.6. The highest BCUT2D eigenvalue weighted by molar-refractivity contribution is 8.18. The first-order valence-corrected chi connectivity index (χ1v) is 7.91. The number of halogens is 1. The topological polar surface area (TPSA) is 41.5 Å². The highest BCUT2D eigenvalue weighted by Crippen LogP contribution is 2.28. The van der Waals surface area contributed by atoms with Crippen LogP contribution in [0.2, 0.25) is 5.02 Å². The fourth-order valence-corrected chi connectivity index (χ4v) is 2.98. The summed E-state index contributed by atoms with van der Waals surface area (Å²) in [7, 11) is 0. The standard InChI is InChI=1S/C17H13ClN2OS/c1-11-5-7-12(8-6-11)9-15-16(21)20-17(22-15)19-14-4-2-3-13(18)10-14/h2-10H,1H3,(H,19,20,21)/b15-9+. The Hall–Kier alpha value is -2.04. The second-order valence-electron chi connectivity index (χ2n) is 4.87. The Kier molecular flexibility index (Phi) is 4.32. The van der Waals surface area contributed by atoms with Crippen LogP contribution in [0.4, 0.5) is 5.69 Å². The molecular formula is C17H13ClN2OS. The summed E-state index contributed by atoms with van der Waals surface area (Å²) in [6.45, 7) is 2.03. The maximum Gasteiger partial charge on any atom is 0.264 e. The van der Waals surface area contributed by atoms with Crippen molar-refractivity contribution in [3.8, 4) is 0 Å². The van der Waals surface area contributed by atoms with Crippen molar-refractivity contribution >= 4 is 46.2 Å². The van der Waals surface area contributed by atoms with Gasteiger partial charge in [0, 0.05) is 5.02 Å². The van der Waals surface area contributed by atoms with E-state index in [2.05, 4.69) is 10.3 Å². The molecule has 1 saturated heterocycles. The summed E-state index contributed by atoms with van der Waals surface area (Å²) in [5.74, 6) is -0.133. The maximum absolute atomic E-state index is 12.0. The molecule has 0 atom stereocenters. The van der Waals surface area contributed by atoms with E-state index in [-0.39, 0.29) is 5.91 Å². The Balaban J connectivity index is 1.82. The Morgan fingerprint density at radius 1 is 1.18 bits per heavy atom. The second-order valence-corrected chi connectivity index (χ2v) is 6.34. The van der Waals surface area contributed by atoms with E-state index in [0.717, 1.165) is 5.56 Å². The summed E-state index contributed by atoms with van der Waals surface area (Å²) >= 11 is 7.26. The number of amides is 1. The number of nitrogens with one attached hydrogen (secondary N) is 1. The first kappa shape index (κ1) is 14.9. The fourth-order valence-electron chi connectivity index (χ4n) is 1.96. The maximum atomic E-state index is 12.0. The Bertz CT molecular complexity index is 782. The second kappa shape index (κ2) is 6.38. The first-order valence-electron chi connectivity index (χ1n) is 6.72. The third kappa shape index (κ3) is 3.59. The molecule has 0 radical (unpaired) electrons. The predicted octanol–water partition coefficient (Wildman–Crippen LogP) is 4.54. The molecule has 110 valence electrons. The van der Waals surface area contributed by atoms with Gasteiger partial charge >= 0.3 is 0 Å². The van der Waals surface area contributed by atoms with Gasteiger partial charge in [-0.25, -0.2) is 4.99 Å². The molecule has 2 aromatic rings. The van der Waals surface area contributed by atoms with E-state index in [1.54, 1.807) is 12.1 Å².